The zero-order valence-electron chi connectivity index (χ0n) is 10.8. The molecule has 0 saturated carbocycles. The summed E-state index contributed by atoms with van der Waals surface area (Å²) in [6, 6.07) is 0.719. The third-order valence-electron chi connectivity index (χ3n) is 3.93. The van der Waals surface area contributed by atoms with Gasteiger partial charge >= 0.3 is 0 Å². The second kappa shape index (κ2) is 3.82. The van der Waals surface area contributed by atoms with Gasteiger partial charge in [-0.15, -0.1) is 0 Å². The van der Waals surface area contributed by atoms with Crippen LogP contribution in [-0.4, -0.2) is 47.8 Å². The molecule has 0 N–H and O–H groups in total. The molecule has 84 valence electrons. The molecule has 0 bridgehead atoms. The monoisotopic (exact) mass is 199 g/mol. The zero-order chi connectivity index (χ0) is 11.0. The number of rotatable bonds is 3. The lowest BCUT2D eigenvalue weighted by molar-refractivity contribution is -0.901. The van der Waals surface area contributed by atoms with Gasteiger partial charge in [0.2, 0.25) is 0 Å². The first-order valence-electron chi connectivity index (χ1n) is 5.95. The Morgan fingerprint density at radius 3 is 2.29 bits per heavy atom. The van der Waals surface area contributed by atoms with Gasteiger partial charge in [0.05, 0.1) is 25.7 Å². The van der Waals surface area contributed by atoms with Crippen LogP contribution in [0.15, 0.2) is 0 Å². The first-order valence-corrected chi connectivity index (χ1v) is 5.95. The van der Waals surface area contributed by atoms with Crippen molar-refractivity contribution in [3.63, 3.8) is 0 Å². The van der Waals surface area contributed by atoms with Crippen molar-refractivity contribution in [3.05, 3.63) is 0 Å². The minimum atomic E-state index is 0.375. The van der Waals surface area contributed by atoms with E-state index in [-0.39, 0.29) is 0 Å². The molecule has 1 fully saturated rings. The van der Waals surface area contributed by atoms with E-state index in [0.717, 1.165) is 6.04 Å². The first-order chi connectivity index (χ1) is 6.34. The molecule has 14 heavy (non-hydrogen) atoms. The quantitative estimate of drug-likeness (QED) is 0.630. The predicted molar refractivity (Wildman–Crippen MR) is 62.1 cm³/mol. The maximum Gasteiger partial charge on any atom is 0.135 e. The van der Waals surface area contributed by atoms with Crippen LogP contribution < -0.4 is 0 Å². The molecule has 0 aromatic rings. The molecule has 0 spiro atoms. The van der Waals surface area contributed by atoms with Gasteiger partial charge in [-0.05, 0) is 34.1 Å². The van der Waals surface area contributed by atoms with Gasteiger partial charge in [0.1, 0.15) is 6.67 Å². The molecule has 0 aliphatic carbocycles. The van der Waals surface area contributed by atoms with Crippen molar-refractivity contribution in [2.24, 2.45) is 0 Å². The van der Waals surface area contributed by atoms with E-state index in [9.17, 15) is 0 Å². The van der Waals surface area contributed by atoms with E-state index in [0.29, 0.717) is 5.54 Å². The minimum absolute atomic E-state index is 0.375. The van der Waals surface area contributed by atoms with Gasteiger partial charge in [-0.2, -0.15) is 0 Å². The van der Waals surface area contributed by atoms with E-state index in [1.54, 1.807) is 0 Å². The van der Waals surface area contributed by atoms with Crippen LogP contribution in [0.1, 0.15) is 41.0 Å². The van der Waals surface area contributed by atoms with Crippen LogP contribution in [0.5, 0.6) is 0 Å². The van der Waals surface area contributed by atoms with Crippen LogP contribution in [0.3, 0.4) is 0 Å². The summed E-state index contributed by atoms with van der Waals surface area (Å²) in [6.45, 7) is 15.5. The lowest BCUT2D eigenvalue weighted by Crippen LogP contribution is -2.45. The van der Waals surface area contributed by atoms with Crippen molar-refractivity contribution < 1.29 is 4.48 Å². The van der Waals surface area contributed by atoms with Crippen LogP contribution in [-0.2, 0) is 0 Å². The largest absolute Gasteiger partial charge is 0.312 e. The van der Waals surface area contributed by atoms with Crippen molar-refractivity contribution in [1.29, 1.82) is 0 Å². The Morgan fingerprint density at radius 1 is 1.36 bits per heavy atom. The van der Waals surface area contributed by atoms with Crippen molar-refractivity contribution in [1.82, 2.24) is 4.90 Å². The average Bonchev–Trinajstić information content (AvgIpc) is 2.36. The van der Waals surface area contributed by atoms with E-state index < -0.39 is 0 Å². The highest BCUT2D eigenvalue weighted by Gasteiger charge is 2.46. The van der Waals surface area contributed by atoms with Crippen LogP contribution in [0, 0.1) is 0 Å². The molecule has 1 heterocycles. The smallest absolute Gasteiger partial charge is 0.135 e. The van der Waals surface area contributed by atoms with Crippen molar-refractivity contribution >= 4 is 0 Å². The standard InChI is InChI=1S/C12H27N2/c1-7-11(3)13-10-14(6,8-2)9-12(13,4)5/h11H,7-10H2,1-6H3/q+1/t11?,14-/m1/s1. The second-order valence-corrected chi connectivity index (χ2v) is 5.77. The van der Waals surface area contributed by atoms with Crippen LogP contribution >= 0.6 is 0 Å². The molecule has 2 nitrogen and oxygen atoms in total. The average molecular weight is 199 g/mol. The number of nitrogens with zero attached hydrogens (tertiary/aromatic N) is 2. The Kier molecular flexibility index (Phi) is 3.27. The summed E-state index contributed by atoms with van der Waals surface area (Å²) in [5.41, 5.74) is 0.375. The fourth-order valence-electron chi connectivity index (χ4n) is 2.80. The molecule has 1 saturated heterocycles. The minimum Gasteiger partial charge on any atom is -0.312 e. The lowest BCUT2D eigenvalue weighted by atomic mass is 10.0. The van der Waals surface area contributed by atoms with E-state index in [1.165, 1.54) is 30.7 Å². The van der Waals surface area contributed by atoms with Gasteiger partial charge in [-0.3, -0.25) is 0 Å². The van der Waals surface area contributed by atoms with Crippen molar-refractivity contribution in [2.45, 2.75) is 52.6 Å². The van der Waals surface area contributed by atoms with Gasteiger partial charge in [-0.25, -0.2) is 4.90 Å². The number of likely N-dealkylation sites (N-methyl/N-ethyl adjacent to an activating group) is 1. The Labute approximate surface area is 89.5 Å². The van der Waals surface area contributed by atoms with E-state index in [4.69, 9.17) is 0 Å². The topological polar surface area (TPSA) is 3.24 Å². The third kappa shape index (κ3) is 2.12. The second-order valence-electron chi connectivity index (χ2n) is 5.77. The molecule has 2 atom stereocenters. The Morgan fingerprint density at radius 2 is 1.93 bits per heavy atom. The van der Waals surface area contributed by atoms with Gasteiger partial charge in [0.25, 0.3) is 0 Å². The van der Waals surface area contributed by atoms with Crippen molar-refractivity contribution in [2.75, 3.05) is 26.8 Å². The van der Waals surface area contributed by atoms with Gasteiger partial charge in [-0.1, -0.05) is 6.92 Å². The molecule has 0 aromatic heterocycles. The van der Waals surface area contributed by atoms with E-state index in [1.807, 2.05) is 0 Å². The van der Waals surface area contributed by atoms with E-state index >= 15 is 0 Å². The fraction of sp³-hybridized carbons (Fsp3) is 1.00. The summed E-state index contributed by atoms with van der Waals surface area (Å²) in [5, 5.41) is 0. The van der Waals surface area contributed by atoms with Gasteiger partial charge < -0.3 is 4.48 Å². The molecule has 1 rings (SSSR count). The van der Waals surface area contributed by atoms with E-state index in [2.05, 4.69) is 46.6 Å². The highest BCUT2D eigenvalue weighted by Crippen LogP contribution is 2.31. The molecule has 1 aliphatic rings. The Hall–Kier alpha value is -0.0800. The first kappa shape index (κ1) is 12.0. The summed E-state index contributed by atoms with van der Waals surface area (Å²) in [4.78, 5) is 2.68. The molecular weight excluding hydrogens is 172 g/mol. The molecule has 1 unspecified atom stereocenters. The van der Waals surface area contributed by atoms with Crippen molar-refractivity contribution in [3.8, 4) is 0 Å². The lowest BCUT2D eigenvalue weighted by Gasteiger charge is -2.32. The third-order valence-corrected chi connectivity index (χ3v) is 3.93. The predicted octanol–water partition coefficient (Wildman–Crippen LogP) is 2.30. The number of quaternary nitrogens is 1. The summed E-state index contributed by atoms with van der Waals surface area (Å²) in [6.07, 6.45) is 1.26. The van der Waals surface area contributed by atoms with Gasteiger partial charge in [0, 0.05) is 6.04 Å². The summed E-state index contributed by atoms with van der Waals surface area (Å²) < 4.78 is 1.21. The maximum atomic E-state index is 2.68. The van der Waals surface area contributed by atoms with Gasteiger partial charge in [0.15, 0.2) is 0 Å². The number of hydrogen-bond acceptors (Lipinski definition) is 1. The summed E-state index contributed by atoms with van der Waals surface area (Å²) in [7, 11) is 2.38. The van der Waals surface area contributed by atoms with Crippen LogP contribution in [0.4, 0.5) is 0 Å². The molecule has 1 aliphatic heterocycles. The fourth-order valence-corrected chi connectivity index (χ4v) is 2.80. The Balaban J connectivity index is 2.78. The summed E-state index contributed by atoms with van der Waals surface area (Å²) >= 11 is 0. The maximum absolute atomic E-state index is 2.68. The Bertz CT molecular complexity index is 200. The highest BCUT2D eigenvalue weighted by atomic mass is 15.5. The number of hydrogen-bond donors (Lipinski definition) is 0. The molecule has 0 amide bonds. The normalized spacial score (nSPS) is 34.7. The zero-order valence-corrected chi connectivity index (χ0v) is 10.8. The molecule has 2 heteroatoms. The summed E-state index contributed by atoms with van der Waals surface area (Å²) in [5.74, 6) is 0. The van der Waals surface area contributed by atoms with Crippen LogP contribution in [0.2, 0.25) is 0 Å². The van der Waals surface area contributed by atoms with Crippen LogP contribution in [0.25, 0.3) is 0 Å². The SMILES string of the molecule is CCC(C)N1C[N@+](C)(CC)CC1(C)C. The molecule has 0 aromatic carbocycles. The molecule has 0 radical (unpaired) electrons. The highest BCUT2D eigenvalue weighted by molar-refractivity contribution is 4.87. The molecular formula is C12H27N2+.